The molecular formula is C18H17N3OS. The van der Waals surface area contributed by atoms with Gasteiger partial charge in [-0.05, 0) is 48.9 Å². The number of nitrogens with zero attached hydrogens (tertiary/aromatic N) is 1. The van der Waals surface area contributed by atoms with Crippen LogP contribution in [0.1, 0.15) is 23.3 Å². The third kappa shape index (κ3) is 2.64. The molecule has 0 radical (unpaired) electrons. The molecule has 0 amide bonds. The van der Waals surface area contributed by atoms with Crippen molar-refractivity contribution in [2.75, 3.05) is 7.11 Å². The normalized spacial score (nSPS) is 17.6. The first-order chi connectivity index (χ1) is 11.2. The zero-order valence-corrected chi connectivity index (χ0v) is 13.8. The van der Waals surface area contributed by atoms with Gasteiger partial charge < -0.3 is 10.1 Å². The smallest absolute Gasteiger partial charge is 0.118 e. The molecule has 0 fully saturated rings. The number of ether oxygens (including phenoxy) is 1. The number of aromatic amines is 1. The number of H-pyrrole nitrogens is 1. The van der Waals surface area contributed by atoms with E-state index < -0.39 is 0 Å². The molecule has 1 aliphatic rings. The minimum Gasteiger partial charge on any atom is -0.497 e. The van der Waals surface area contributed by atoms with Gasteiger partial charge in [0.15, 0.2) is 0 Å². The van der Waals surface area contributed by atoms with Gasteiger partial charge in [-0.15, -0.1) is 11.3 Å². The van der Waals surface area contributed by atoms with E-state index in [0.717, 1.165) is 22.5 Å². The average molecular weight is 323 g/mol. The Morgan fingerprint density at radius 1 is 1.17 bits per heavy atom. The molecule has 4 rings (SSSR count). The molecule has 4 nitrogen and oxygen atoms in total. The van der Waals surface area contributed by atoms with Crippen molar-refractivity contribution in [3.63, 3.8) is 0 Å². The Morgan fingerprint density at radius 3 is 2.74 bits per heavy atom. The zero-order chi connectivity index (χ0) is 15.8. The van der Waals surface area contributed by atoms with Crippen LogP contribution in [-0.2, 0) is 0 Å². The summed E-state index contributed by atoms with van der Waals surface area (Å²) in [6.07, 6.45) is 6.41. The Labute approximate surface area is 138 Å². The topological polar surface area (TPSA) is 49.9 Å². The maximum absolute atomic E-state index is 5.23. The summed E-state index contributed by atoms with van der Waals surface area (Å²) in [4.78, 5) is 1.32. The van der Waals surface area contributed by atoms with Crippen LogP contribution in [0.5, 0.6) is 5.75 Å². The highest BCUT2D eigenvalue weighted by molar-refractivity contribution is 7.19. The van der Waals surface area contributed by atoms with Crippen LogP contribution in [0.4, 0.5) is 0 Å². The summed E-state index contributed by atoms with van der Waals surface area (Å²) < 4.78 is 6.43. The van der Waals surface area contributed by atoms with E-state index in [9.17, 15) is 0 Å². The number of thiophene rings is 1. The second-order valence-corrected chi connectivity index (χ2v) is 6.72. The first kappa shape index (κ1) is 14.1. The van der Waals surface area contributed by atoms with Crippen LogP contribution >= 0.6 is 11.3 Å². The number of fused-ring (bicyclic) bond motifs is 1. The van der Waals surface area contributed by atoms with E-state index in [0.29, 0.717) is 0 Å². The van der Waals surface area contributed by atoms with Crippen molar-refractivity contribution in [2.45, 2.75) is 12.8 Å². The van der Waals surface area contributed by atoms with Gasteiger partial charge in [0.25, 0.3) is 0 Å². The second kappa shape index (κ2) is 5.59. The zero-order valence-electron chi connectivity index (χ0n) is 13.0. The van der Waals surface area contributed by atoms with E-state index in [4.69, 9.17) is 4.74 Å². The van der Waals surface area contributed by atoms with E-state index in [1.54, 1.807) is 18.4 Å². The lowest BCUT2D eigenvalue weighted by molar-refractivity contribution is 0.415. The fourth-order valence-electron chi connectivity index (χ4n) is 2.83. The number of benzene rings is 1. The number of nitrogens with one attached hydrogen (secondary N) is 2. The molecular weight excluding hydrogens is 306 g/mol. The van der Waals surface area contributed by atoms with Crippen molar-refractivity contribution >= 4 is 27.3 Å². The minimum absolute atomic E-state index is 0.277. The van der Waals surface area contributed by atoms with Crippen molar-refractivity contribution in [1.82, 2.24) is 15.5 Å². The molecule has 3 aromatic rings. The summed E-state index contributed by atoms with van der Waals surface area (Å²) >= 11 is 1.79. The number of allylic oxidation sites excluding steroid dienone is 3. The highest BCUT2D eigenvalue weighted by Gasteiger charge is 2.17. The Hall–Kier alpha value is -2.53. The maximum Gasteiger partial charge on any atom is 0.118 e. The number of aromatic nitrogens is 2. The van der Waals surface area contributed by atoms with Crippen molar-refractivity contribution in [2.24, 2.45) is 0 Å². The molecule has 0 aliphatic carbocycles. The fourth-order valence-corrected chi connectivity index (χ4v) is 3.85. The predicted molar refractivity (Wildman–Crippen MR) is 94.6 cm³/mol. The first-order valence-electron chi connectivity index (χ1n) is 7.47. The van der Waals surface area contributed by atoms with Gasteiger partial charge in [0.1, 0.15) is 5.75 Å². The third-order valence-corrected chi connectivity index (χ3v) is 5.15. The SMILES string of the molecule is COc1ccc(C2=CC(c3cc4[nH]ncc4s3)C=C(C)N2)cc1. The molecule has 1 aliphatic heterocycles. The van der Waals surface area contributed by atoms with E-state index in [2.05, 4.69) is 52.8 Å². The summed E-state index contributed by atoms with van der Waals surface area (Å²) in [6, 6.07) is 10.3. The molecule has 1 aromatic carbocycles. The first-order valence-corrected chi connectivity index (χ1v) is 8.29. The van der Waals surface area contributed by atoms with E-state index in [1.807, 2.05) is 18.3 Å². The summed E-state index contributed by atoms with van der Waals surface area (Å²) in [5, 5.41) is 10.6. The van der Waals surface area contributed by atoms with Crippen LogP contribution in [0.15, 0.2) is 54.4 Å². The van der Waals surface area contributed by atoms with Gasteiger partial charge in [0, 0.05) is 22.2 Å². The molecule has 2 N–H and O–H groups in total. The van der Waals surface area contributed by atoms with Crippen molar-refractivity contribution < 1.29 is 4.74 Å². The lowest BCUT2D eigenvalue weighted by Gasteiger charge is -2.21. The molecule has 2 aromatic heterocycles. The van der Waals surface area contributed by atoms with Crippen LogP contribution < -0.4 is 10.1 Å². The molecule has 0 bridgehead atoms. The summed E-state index contributed by atoms with van der Waals surface area (Å²) in [5.74, 6) is 1.15. The molecule has 0 saturated carbocycles. The van der Waals surface area contributed by atoms with E-state index in [1.165, 1.54) is 15.3 Å². The fraction of sp³-hybridized carbons (Fsp3) is 0.167. The van der Waals surface area contributed by atoms with Gasteiger partial charge in [0.05, 0.1) is 23.5 Å². The van der Waals surface area contributed by atoms with Crippen molar-refractivity contribution in [1.29, 1.82) is 0 Å². The highest BCUT2D eigenvalue weighted by atomic mass is 32.1. The summed E-state index contributed by atoms with van der Waals surface area (Å²) in [6.45, 7) is 2.10. The van der Waals surface area contributed by atoms with E-state index in [-0.39, 0.29) is 5.92 Å². The Balaban J connectivity index is 1.69. The molecule has 1 unspecified atom stereocenters. The average Bonchev–Trinajstić information content (AvgIpc) is 3.16. The van der Waals surface area contributed by atoms with E-state index >= 15 is 0 Å². The summed E-state index contributed by atoms with van der Waals surface area (Å²) in [5.41, 5.74) is 4.56. The molecule has 1 atom stereocenters. The number of methoxy groups -OCH3 is 1. The second-order valence-electron chi connectivity index (χ2n) is 5.61. The molecule has 3 heterocycles. The van der Waals surface area contributed by atoms with Gasteiger partial charge in [-0.2, -0.15) is 5.10 Å². The van der Waals surface area contributed by atoms with Gasteiger partial charge in [-0.3, -0.25) is 5.10 Å². The molecule has 23 heavy (non-hydrogen) atoms. The van der Waals surface area contributed by atoms with Gasteiger partial charge >= 0.3 is 0 Å². The van der Waals surface area contributed by atoms with Crippen LogP contribution in [0, 0.1) is 0 Å². The van der Waals surface area contributed by atoms with Gasteiger partial charge in [0.2, 0.25) is 0 Å². The molecule has 5 heteroatoms. The van der Waals surface area contributed by atoms with Gasteiger partial charge in [-0.25, -0.2) is 0 Å². The van der Waals surface area contributed by atoms with Crippen LogP contribution in [0.25, 0.3) is 15.9 Å². The van der Waals surface area contributed by atoms with Crippen molar-refractivity contribution in [3.8, 4) is 5.75 Å². The Kier molecular flexibility index (Phi) is 3.42. The largest absolute Gasteiger partial charge is 0.497 e. The van der Waals surface area contributed by atoms with Gasteiger partial charge in [-0.1, -0.05) is 6.08 Å². The quantitative estimate of drug-likeness (QED) is 0.757. The lowest BCUT2D eigenvalue weighted by atomic mass is 9.98. The number of dihydropyridines is 1. The maximum atomic E-state index is 5.23. The Bertz CT molecular complexity index is 873. The molecule has 0 saturated heterocycles. The number of hydrogen-bond donors (Lipinski definition) is 2. The van der Waals surface area contributed by atoms with Crippen molar-refractivity contribution in [3.05, 3.63) is 64.8 Å². The number of hydrogen-bond acceptors (Lipinski definition) is 4. The van der Waals surface area contributed by atoms with Crippen LogP contribution in [0.2, 0.25) is 0 Å². The van der Waals surface area contributed by atoms with Crippen LogP contribution in [0.3, 0.4) is 0 Å². The van der Waals surface area contributed by atoms with Crippen LogP contribution in [-0.4, -0.2) is 17.3 Å². The monoisotopic (exact) mass is 323 g/mol. The minimum atomic E-state index is 0.277. The summed E-state index contributed by atoms with van der Waals surface area (Å²) in [7, 11) is 1.68. The number of rotatable bonds is 3. The lowest BCUT2D eigenvalue weighted by Crippen LogP contribution is -2.15. The predicted octanol–water partition coefficient (Wildman–Crippen LogP) is 4.26. The molecule has 116 valence electrons. The Morgan fingerprint density at radius 2 is 2.00 bits per heavy atom. The third-order valence-electron chi connectivity index (χ3n) is 3.98. The molecule has 0 spiro atoms. The standard InChI is InChI=1S/C18H17N3OS/c1-11-7-13(17-9-16-18(23-17)10-19-21-16)8-15(20-11)12-3-5-14(22-2)6-4-12/h3-10,13,20H,1-2H3,(H,19,21). The highest BCUT2D eigenvalue weighted by Crippen LogP contribution is 2.35.